The van der Waals surface area contributed by atoms with E-state index in [9.17, 15) is 39.3 Å². The molecule has 2 aliphatic rings. The molecule has 0 saturated carbocycles. The van der Waals surface area contributed by atoms with Crippen LogP contribution in [0.25, 0.3) is 0 Å². The molecule has 0 radical (unpaired) electrons. The van der Waals surface area contributed by atoms with Crippen LogP contribution < -0.4 is 16.4 Å². The van der Waals surface area contributed by atoms with E-state index >= 15 is 0 Å². The van der Waals surface area contributed by atoms with Gasteiger partial charge in [0.05, 0.1) is 6.61 Å². The molecular weight excluding hydrogens is 484 g/mol. The van der Waals surface area contributed by atoms with Gasteiger partial charge in [-0.25, -0.2) is 0 Å². The van der Waals surface area contributed by atoms with E-state index in [-0.39, 0.29) is 19.4 Å². The minimum Gasteiger partial charge on any atom is -0.481 e. The van der Waals surface area contributed by atoms with Crippen molar-refractivity contribution in [1.29, 1.82) is 0 Å². The highest BCUT2D eigenvalue weighted by Gasteiger charge is 2.47. The molecule has 2 saturated heterocycles. The Morgan fingerprint density at radius 3 is 2.44 bits per heavy atom. The van der Waals surface area contributed by atoms with Crippen molar-refractivity contribution in [2.45, 2.75) is 88.4 Å². The van der Waals surface area contributed by atoms with Crippen LogP contribution in [0.4, 0.5) is 0 Å². The molecule has 2 rings (SSSR count). The Hall–Kier alpha value is -2.85. The molecule has 2 aliphatic heterocycles. The largest absolute Gasteiger partial charge is 0.481 e. The van der Waals surface area contributed by atoms with Crippen LogP contribution in [0.2, 0.25) is 0 Å². The Balaban J connectivity index is 2.12. The van der Waals surface area contributed by atoms with Crippen molar-refractivity contribution in [3.05, 3.63) is 0 Å². The lowest BCUT2D eigenvalue weighted by molar-refractivity contribution is -0.266. The minimum atomic E-state index is -1.64. The Morgan fingerprint density at radius 1 is 1.22 bits per heavy atom. The van der Waals surface area contributed by atoms with E-state index in [0.29, 0.717) is 6.42 Å². The van der Waals surface area contributed by atoms with Crippen LogP contribution in [0.5, 0.6) is 0 Å². The maximum absolute atomic E-state index is 13.2. The third-order valence-electron chi connectivity index (χ3n) is 6.10. The van der Waals surface area contributed by atoms with Gasteiger partial charge in [-0.3, -0.25) is 24.0 Å². The van der Waals surface area contributed by atoms with E-state index in [4.69, 9.17) is 20.3 Å². The van der Waals surface area contributed by atoms with Gasteiger partial charge in [0.1, 0.15) is 42.5 Å². The molecule has 15 heteroatoms. The van der Waals surface area contributed by atoms with Crippen LogP contribution in [0.3, 0.4) is 0 Å². The number of aliphatic hydroxyl groups excluding tert-OH is 3. The van der Waals surface area contributed by atoms with E-state index in [2.05, 4.69) is 10.6 Å². The normalized spacial score (nSPS) is 29.8. The highest BCUT2D eigenvalue weighted by molar-refractivity contribution is 5.93. The zero-order valence-electron chi connectivity index (χ0n) is 20.0. The number of rotatable bonds is 11. The quantitative estimate of drug-likeness (QED) is 0.140. The molecule has 2 fully saturated rings. The van der Waals surface area contributed by atoms with Crippen molar-refractivity contribution < 1.29 is 53.9 Å². The molecule has 0 aliphatic carbocycles. The maximum Gasteiger partial charge on any atom is 0.303 e. The number of ether oxygens (including phenoxy) is 2. The van der Waals surface area contributed by atoms with Gasteiger partial charge in [0.2, 0.25) is 17.7 Å². The Morgan fingerprint density at radius 2 is 1.89 bits per heavy atom. The number of hydrogen-bond acceptors (Lipinski definition) is 10. The van der Waals surface area contributed by atoms with E-state index in [1.54, 1.807) is 0 Å². The van der Waals surface area contributed by atoms with E-state index in [1.807, 2.05) is 0 Å². The van der Waals surface area contributed by atoms with Crippen LogP contribution in [-0.4, -0.2) is 117 Å². The van der Waals surface area contributed by atoms with Gasteiger partial charge in [0.15, 0.2) is 6.29 Å². The van der Waals surface area contributed by atoms with Gasteiger partial charge in [-0.1, -0.05) is 0 Å². The maximum atomic E-state index is 13.2. The zero-order valence-corrected chi connectivity index (χ0v) is 20.0. The summed E-state index contributed by atoms with van der Waals surface area (Å²) in [5.74, 6) is -3.95. The molecule has 0 unspecified atom stereocenters. The average molecular weight is 519 g/mol. The van der Waals surface area contributed by atoms with Crippen molar-refractivity contribution in [2.24, 2.45) is 5.73 Å². The molecule has 0 aromatic rings. The third-order valence-corrected chi connectivity index (χ3v) is 6.10. The second-order valence-electron chi connectivity index (χ2n) is 8.79. The molecule has 0 bridgehead atoms. The number of aliphatic carboxylic acids is 1. The SMILES string of the molecule is CC(=O)N[C@@H]1[C@@H](O[C@H](C)C(=O)N2CCC[C@H]2C(=O)N[C@H](CCC(=O)O)C(N)=O)[C@H](O)[C@@H](CO)O[C@H]1O. The second-order valence-corrected chi connectivity index (χ2v) is 8.79. The molecule has 0 aromatic heterocycles. The molecule has 15 nitrogen and oxygen atoms in total. The second kappa shape index (κ2) is 12.9. The summed E-state index contributed by atoms with van der Waals surface area (Å²) in [7, 11) is 0. The summed E-state index contributed by atoms with van der Waals surface area (Å²) in [5, 5.41) is 43.8. The number of carboxylic acid groups (broad SMARTS) is 1. The van der Waals surface area contributed by atoms with Crippen molar-refractivity contribution in [1.82, 2.24) is 15.5 Å². The first-order valence-corrected chi connectivity index (χ1v) is 11.5. The lowest BCUT2D eigenvalue weighted by Gasteiger charge is -2.43. The van der Waals surface area contributed by atoms with Crippen molar-refractivity contribution in [2.75, 3.05) is 13.2 Å². The standard InChI is InChI=1S/C21H34N4O11/c1-9(35-17-15(23-10(2)27)21(34)36-13(8-26)16(17)30)20(33)25-7-3-4-12(25)19(32)24-11(18(22)31)5-6-14(28)29/h9,11-13,15-17,21,26,30,34H,3-8H2,1-2H3,(H2,22,31)(H,23,27)(H,24,32)(H,28,29)/t9-,11-,12+,13-,15-,16-,17-,21-/m1/s1. The average Bonchev–Trinajstić information content (AvgIpc) is 3.29. The molecule has 36 heavy (non-hydrogen) atoms. The van der Waals surface area contributed by atoms with Gasteiger partial charge in [-0.05, 0) is 26.2 Å². The Labute approximate surface area is 206 Å². The summed E-state index contributed by atoms with van der Waals surface area (Å²) in [6, 6.07) is -3.46. The fraction of sp³-hybridized carbons (Fsp3) is 0.762. The van der Waals surface area contributed by atoms with E-state index < -0.39 is 91.5 Å². The number of aliphatic hydroxyl groups is 3. The van der Waals surface area contributed by atoms with Crippen LogP contribution in [0.15, 0.2) is 0 Å². The molecular formula is C21H34N4O11. The van der Waals surface area contributed by atoms with Crippen molar-refractivity contribution in [3.63, 3.8) is 0 Å². The third kappa shape index (κ3) is 7.33. The van der Waals surface area contributed by atoms with Crippen molar-refractivity contribution >= 4 is 29.6 Å². The van der Waals surface area contributed by atoms with Gasteiger partial charge in [-0.2, -0.15) is 0 Å². The Bertz CT molecular complexity index is 841. The van der Waals surface area contributed by atoms with Gasteiger partial charge >= 0.3 is 5.97 Å². The summed E-state index contributed by atoms with van der Waals surface area (Å²) in [6.07, 6.45) is -6.83. The van der Waals surface area contributed by atoms with Gasteiger partial charge in [0.25, 0.3) is 5.91 Å². The number of amides is 4. The monoisotopic (exact) mass is 518 g/mol. The number of hydrogen-bond donors (Lipinski definition) is 7. The fourth-order valence-electron chi connectivity index (χ4n) is 4.29. The zero-order chi connectivity index (χ0) is 27.2. The summed E-state index contributed by atoms with van der Waals surface area (Å²) in [4.78, 5) is 61.2. The number of nitrogens with zero attached hydrogens (tertiary/aromatic N) is 1. The molecule has 8 atom stereocenters. The number of carbonyl (C=O) groups is 5. The smallest absolute Gasteiger partial charge is 0.303 e. The number of carbonyl (C=O) groups excluding carboxylic acids is 4. The number of likely N-dealkylation sites (tertiary alicyclic amines) is 1. The summed E-state index contributed by atoms with van der Waals surface area (Å²) < 4.78 is 10.8. The van der Waals surface area contributed by atoms with Gasteiger partial charge < -0.3 is 51.2 Å². The Kier molecular flexibility index (Phi) is 10.5. The molecule has 0 spiro atoms. The predicted molar refractivity (Wildman–Crippen MR) is 119 cm³/mol. The summed E-state index contributed by atoms with van der Waals surface area (Å²) in [6.45, 7) is 2.06. The summed E-state index contributed by atoms with van der Waals surface area (Å²) >= 11 is 0. The highest BCUT2D eigenvalue weighted by atomic mass is 16.6. The molecule has 8 N–H and O–H groups in total. The molecule has 0 aromatic carbocycles. The number of carboxylic acids is 1. The topological polar surface area (TPSA) is 238 Å². The lowest BCUT2D eigenvalue weighted by Crippen LogP contribution is -2.65. The van der Waals surface area contributed by atoms with Crippen LogP contribution >= 0.6 is 0 Å². The van der Waals surface area contributed by atoms with Crippen LogP contribution in [-0.2, 0) is 33.4 Å². The van der Waals surface area contributed by atoms with Gasteiger partial charge in [-0.15, -0.1) is 0 Å². The molecule has 204 valence electrons. The predicted octanol–water partition coefficient (Wildman–Crippen LogP) is -3.84. The number of nitrogens with two attached hydrogens (primary N) is 1. The van der Waals surface area contributed by atoms with E-state index in [0.717, 1.165) is 0 Å². The van der Waals surface area contributed by atoms with E-state index in [1.165, 1.54) is 18.7 Å². The molecule has 2 heterocycles. The first-order valence-electron chi connectivity index (χ1n) is 11.5. The minimum absolute atomic E-state index is 0.189. The fourth-order valence-corrected chi connectivity index (χ4v) is 4.29. The van der Waals surface area contributed by atoms with Crippen LogP contribution in [0, 0.1) is 0 Å². The van der Waals surface area contributed by atoms with Crippen molar-refractivity contribution in [3.8, 4) is 0 Å². The number of nitrogens with one attached hydrogen (secondary N) is 2. The lowest BCUT2D eigenvalue weighted by atomic mass is 9.96. The van der Waals surface area contributed by atoms with Gasteiger partial charge in [0, 0.05) is 19.9 Å². The summed E-state index contributed by atoms with van der Waals surface area (Å²) in [5.41, 5.74) is 5.26. The first kappa shape index (κ1) is 29.4. The molecule has 4 amide bonds. The highest BCUT2D eigenvalue weighted by Crippen LogP contribution is 2.26. The van der Waals surface area contributed by atoms with Crippen LogP contribution in [0.1, 0.15) is 39.5 Å². The first-order chi connectivity index (χ1) is 16.9. The number of primary amides is 1.